The highest BCUT2D eigenvalue weighted by Gasteiger charge is 2.10. The summed E-state index contributed by atoms with van der Waals surface area (Å²) < 4.78 is 10.4. The standard InChI is InChI=1S/C17H16ClNO4S/c1-22-15-8-11(6-7-14(15)23-10-16(20)21)17(24)19-9-12-4-2-3-5-13(12)18/h2-8H,9-10H2,1H3,(H,19,24)(H,20,21). The highest BCUT2D eigenvalue weighted by atomic mass is 35.5. The molecule has 0 amide bonds. The number of aliphatic carboxylic acids is 1. The van der Waals surface area contributed by atoms with Gasteiger partial charge in [0.25, 0.3) is 0 Å². The van der Waals surface area contributed by atoms with Gasteiger partial charge < -0.3 is 19.9 Å². The van der Waals surface area contributed by atoms with Crippen molar-refractivity contribution in [2.24, 2.45) is 0 Å². The van der Waals surface area contributed by atoms with Gasteiger partial charge in [0.05, 0.1) is 7.11 Å². The first kappa shape index (κ1) is 18.0. The van der Waals surface area contributed by atoms with Gasteiger partial charge in [-0.3, -0.25) is 0 Å². The van der Waals surface area contributed by atoms with Gasteiger partial charge >= 0.3 is 5.97 Å². The van der Waals surface area contributed by atoms with Crippen molar-refractivity contribution >= 4 is 34.8 Å². The summed E-state index contributed by atoms with van der Waals surface area (Å²) in [5, 5.41) is 12.5. The predicted octanol–water partition coefficient (Wildman–Crippen LogP) is 3.28. The van der Waals surface area contributed by atoms with Crippen molar-refractivity contribution in [1.29, 1.82) is 0 Å². The summed E-state index contributed by atoms with van der Waals surface area (Å²) in [5.74, 6) is -0.300. The van der Waals surface area contributed by atoms with E-state index in [-0.39, 0.29) is 0 Å². The lowest BCUT2D eigenvalue weighted by molar-refractivity contribution is -0.139. The Morgan fingerprint density at radius 2 is 2.00 bits per heavy atom. The molecule has 0 fully saturated rings. The van der Waals surface area contributed by atoms with Crippen molar-refractivity contribution in [3.63, 3.8) is 0 Å². The van der Waals surface area contributed by atoms with Gasteiger partial charge in [0, 0.05) is 17.1 Å². The first-order valence-corrected chi connectivity index (χ1v) is 7.84. The molecule has 0 radical (unpaired) electrons. The third kappa shape index (κ3) is 4.84. The van der Waals surface area contributed by atoms with E-state index in [1.165, 1.54) is 7.11 Å². The van der Waals surface area contributed by atoms with Crippen LogP contribution in [0.3, 0.4) is 0 Å². The van der Waals surface area contributed by atoms with E-state index in [2.05, 4.69) is 5.32 Å². The van der Waals surface area contributed by atoms with Crippen molar-refractivity contribution in [3.05, 3.63) is 58.6 Å². The van der Waals surface area contributed by atoms with Crippen LogP contribution < -0.4 is 14.8 Å². The minimum Gasteiger partial charge on any atom is -0.493 e. The third-order valence-corrected chi connectivity index (χ3v) is 3.92. The highest BCUT2D eigenvalue weighted by molar-refractivity contribution is 7.80. The molecule has 0 saturated carbocycles. The number of carboxylic acids is 1. The number of nitrogens with one attached hydrogen (secondary N) is 1. The van der Waals surface area contributed by atoms with Crippen LogP contribution in [-0.2, 0) is 11.3 Å². The van der Waals surface area contributed by atoms with Crippen molar-refractivity contribution in [2.75, 3.05) is 13.7 Å². The number of carbonyl (C=O) groups is 1. The maximum absolute atomic E-state index is 10.6. The lowest BCUT2D eigenvalue weighted by Crippen LogP contribution is -2.22. The number of methoxy groups -OCH3 is 1. The van der Waals surface area contributed by atoms with Crippen LogP contribution in [0.15, 0.2) is 42.5 Å². The van der Waals surface area contributed by atoms with Crippen molar-refractivity contribution < 1.29 is 19.4 Å². The first-order valence-electron chi connectivity index (χ1n) is 7.05. The fourth-order valence-electron chi connectivity index (χ4n) is 1.99. The molecule has 7 heteroatoms. The summed E-state index contributed by atoms with van der Waals surface area (Å²) in [6, 6.07) is 12.6. The normalized spacial score (nSPS) is 10.1. The molecule has 5 nitrogen and oxygen atoms in total. The molecule has 0 saturated heterocycles. The molecule has 126 valence electrons. The number of rotatable bonds is 7. The molecule has 0 bridgehead atoms. The fourth-order valence-corrected chi connectivity index (χ4v) is 2.39. The average molecular weight is 366 g/mol. The zero-order valence-corrected chi connectivity index (χ0v) is 14.5. The predicted molar refractivity (Wildman–Crippen MR) is 96.1 cm³/mol. The molecule has 0 spiro atoms. The zero-order chi connectivity index (χ0) is 17.5. The van der Waals surface area contributed by atoms with Crippen LogP contribution in [0.1, 0.15) is 11.1 Å². The van der Waals surface area contributed by atoms with Gasteiger partial charge in [-0.05, 0) is 29.8 Å². The molecule has 2 rings (SSSR count). The van der Waals surface area contributed by atoms with Crippen LogP contribution in [0.5, 0.6) is 11.5 Å². The van der Waals surface area contributed by atoms with Crippen LogP contribution in [0.4, 0.5) is 0 Å². The third-order valence-electron chi connectivity index (χ3n) is 3.17. The molecule has 0 aromatic heterocycles. The van der Waals surface area contributed by atoms with E-state index in [0.29, 0.717) is 28.1 Å². The molecular weight excluding hydrogens is 350 g/mol. The SMILES string of the molecule is COc1cc(C(=S)NCc2ccccc2Cl)ccc1OCC(=O)O. The van der Waals surface area contributed by atoms with Crippen molar-refractivity contribution in [1.82, 2.24) is 5.32 Å². The number of ether oxygens (including phenoxy) is 2. The Hall–Kier alpha value is -2.31. The Labute approximate surface area is 150 Å². The van der Waals surface area contributed by atoms with Crippen LogP contribution >= 0.6 is 23.8 Å². The van der Waals surface area contributed by atoms with Gasteiger partial charge in [-0.2, -0.15) is 0 Å². The van der Waals surface area contributed by atoms with E-state index in [0.717, 1.165) is 11.1 Å². The fraction of sp³-hybridized carbons (Fsp3) is 0.176. The molecule has 0 atom stereocenters. The minimum atomic E-state index is -1.06. The number of carboxylic acid groups (broad SMARTS) is 1. The van der Waals surface area contributed by atoms with E-state index in [4.69, 9.17) is 38.4 Å². The molecule has 2 aromatic carbocycles. The molecule has 0 aliphatic heterocycles. The highest BCUT2D eigenvalue weighted by Crippen LogP contribution is 2.28. The molecule has 0 heterocycles. The molecule has 0 unspecified atom stereocenters. The Balaban J connectivity index is 2.06. The van der Waals surface area contributed by atoms with Gasteiger partial charge in [0.1, 0.15) is 4.99 Å². The summed E-state index contributed by atoms with van der Waals surface area (Å²) in [6.07, 6.45) is 0. The second kappa shape index (κ2) is 8.52. The van der Waals surface area contributed by atoms with E-state index < -0.39 is 12.6 Å². The maximum atomic E-state index is 10.6. The van der Waals surface area contributed by atoms with Crippen LogP contribution in [0, 0.1) is 0 Å². The Morgan fingerprint density at radius 1 is 1.25 bits per heavy atom. The van der Waals surface area contributed by atoms with Gasteiger partial charge in [0.15, 0.2) is 18.1 Å². The number of hydrogen-bond acceptors (Lipinski definition) is 4. The minimum absolute atomic E-state index is 0.345. The molecule has 2 N–H and O–H groups in total. The quantitative estimate of drug-likeness (QED) is 0.734. The second-order valence-electron chi connectivity index (χ2n) is 4.82. The van der Waals surface area contributed by atoms with Crippen LogP contribution in [0.25, 0.3) is 0 Å². The van der Waals surface area contributed by atoms with Crippen LogP contribution in [-0.4, -0.2) is 29.8 Å². The Morgan fingerprint density at radius 3 is 2.67 bits per heavy atom. The number of halogens is 1. The van der Waals surface area contributed by atoms with E-state index in [1.807, 2.05) is 24.3 Å². The summed E-state index contributed by atoms with van der Waals surface area (Å²) in [5.41, 5.74) is 1.67. The van der Waals surface area contributed by atoms with Crippen molar-refractivity contribution in [2.45, 2.75) is 6.54 Å². The van der Waals surface area contributed by atoms with E-state index in [9.17, 15) is 4.79 Å². The lowest BCUT2D eigenvalue weighted by Gasteiger charge is -2.13. The van der Waals surface area contributed by atoms with Gasteiger partial charge in [-0.1, -0.05) is 42.0 Å². The molecule has 0 aliphatic carbocycles. The lowest BCUT2D eigenvalue weighted by atomic mass is 10.2. The van der Waals surface area contributed by atoms with Gasteiger partial charge in [0.2, 0.25) is 0 Å². The van der Waals surface area contributed by atoms with E-state index >= 15 is 0 Å². The molecule has 2 aromatic rings. The number of thiocarbonyl (C=S) groups is 1. The average Bonchev–Trinajstić information content (AvgIpc) is 2.58. The number of hydrogen-bond donors (Lipinski definition) is 2. The monoisotopic (exact) mass is 365 g/mol. The summed E-state index contributed by atoms with van der Waals surface area (Å²) >= 11 is 11.5. The maximum Gasteiger partial charge on any atom is 0.341 e. The van der Waals surface area contributed by atoms with Crippen LogP contribution in [0.2, 0.25) is 5.02 Å². The zero-order valence-electron chi connectivity index (χ0n) is 12.9. The Bertz CT molecular complexity index is 751. The van der Waals surface area contributed by atoms with Gasteiger partial charge in [-0.25, -0.2) is 4.79 Å². The molecular formula is C17H16ClNO4S. The smallest absolute Gasteiger partial charge is 0.341 e. The molecule has 0 aliphatic rings. The second-order valence-corrected chi connectivity index (χ2v) is 5.64. The van der Waals surface area contributed by atoms with Gasteiger partial charge in [-0.15, -0.1) is 0 Å². The Kier molecular flexibility index (Phi) is 6.40. The number of benzene rings is 2. The van der Waals surface area contributed by atoms with E-state index in [1.54, 1.807) is 18.2 Å². The topological polar surface area (TPSA) is 67.8 Å². The largest absolute Gasteiger partial charge is 0.493 e. The summed E-state index contributed by atoms with van der Waals surface area (Å²) in [6.45, 7) is 0.0585. The molecule has 24 heavy (non-hydrogen) atoms. The summed E-state index contributed by atoms with van der Waals surface area (Å²) in [4.78, 5) is 11.1. The van der Waals surface area contributed by atoms with Crippen molar-refractivity contribution in [3.8, 4) is 11.5 Å². The summed E-state index contributed by atoms with van der Waals surface area (Å²) in [7, 11) is 1.48. The first-order chi connectivity index (χ1) is 11.5.